The number of rotatable bonds is 6. The molecule has 3 aromatic rings. The SMILES string of the molecule is CCC(C)NCc1c(C)n(Cc2ccc(Cl)cc2Cl)c2ccccc12.Cl. The van der Waals surface area contributed by atoms with Crippen LogP contribution < -0.4 is 5.32 Å². The average Bonchev–Trinajstić information content (AvgIpc) is 2.87. The maximum Gasteiger partial charge on any atom is 0.0493 e. The molecule has 3 rings (SSSR count). The standard InChI is InChI=1S/C21H24Cl2N2.ClH/c1-4-14(2)24-12-19-15(3)25(21-8-6-5-7-18(19)21)13-16-9-10-17(22)11-20(16)23;/h5-11,14,24H,4,12-13H2,1-3H3;1H. The van der Waals surface area contributed by atoms with Gasteiger partial charge in [0.05, 0.1) is 0 Å². The summed E-state index contributed by atoms with van der Waals surface area (Å²) in [4.78, 5) is 0. The number of para-hydroxylation sites is 1. The molecule has 2 aromatic carbocycles. The molecule has 0 bridgehead atoms. The molecule has 0 saturated heterocycles. The zero-order valence-electron chi connectivity index (χ0n) is 15.4. The predicted molar refractivity (Wildman–Crippen MR) is 116 cm³/mol. The molecule has 1 N–H and O–H groups in total. The van der Waals surface area contributed by atoms with Gasteiger partial charge in [0.15, 0.2) is 0 Å². The highest BCUT2D eigenvalue weighted by atomic mass is 35.5. The maximum atomic E-state index is 6.40. The Balaban J connectivity index is 0.00000243. The number of hydrogen-bond donors (Lipinski definition) is 1. The molecule has 0 aliphatic rings. The van der Waals surface area contributed by atoms with Crippen molar-refractivity contribution in [3.05, 3.63) is 69.3 Å². The Kier molecular flexibility index (Phi) is 7.42. The predicted octanol–water partition coefficient (Wildman–Crippen LogP) is 6.61. The van der Waals surface area contributed by atoms with E-state index in [0.717, 1.165) is 25.1 Å². The Bertz CT molecular complexity index is 886. The van der Waals surface area contributed by atoms with Crippen LogP contribution >= 0.6 is 35.6 Å². The van der Waals surface area contributed by atoms with E-state index in [2.05, 4.69) is 54.9 Å². The Morgan fingerprint density at radius 3 is 2.54 bits per heavy atom. The van der Waals surface area contributed by atoms with Crippen molar-refractivity contribution in [2.24, 2.45) is 0 Å². The number of benzene rings is 2. The summed E-state index contributed by atoms with van der Waals surface area (Å²) in [5.74, 6) is 0. The number of halogens is 3. The van der Waals surface area contributed by atoms with Crippen molar-refractivity contribution in [1.29, 1.82) is 0 Å². The third kappa shape index (κ3) is 4.37. The van der Waals surface area contributed by atoms with Gasteiger partial charge in [0.1, 0.15) is 0 Å². The van der Waals surface area contributed by atoms with E-state index in [4.69, 9.17) is 23.2 Å². The minimum absolute atomic E-state index is 0. The summed E-state index contributed by atoms with van der Waals surface area (Å²) in [6, 6.07) is 14.8. The molecule has 1 heterocycles. The third-order valence-electron chi connectivity index (χ3n) is 4.94. The Labute approximate surface area is 171 Å². The van der Waals surface area contributed by atoms with Crippen LogP contribution in [0.25, 0.3) is 10.9 Å². The van der Waals surface area contributed by atoms with Crippen molar-refractivity contribution in [1.82, 2.24) is 9.88 Å². The molecule has 0 aliphatic carbocycles. The van der Waals surface area contributed by atoms with Crippen molar-refractivity contribution in [3.63, 3.8) is 0 Å². The van der Waals surface area contributed by atoms with Crippen LogP contribution in [0.4, 0.5) is 0 Å². The van der Waals surface area contributed by atoms with Gasteiger partial charge < -0.3 is 9.88 Å². The number of fused-ring (bicyclic) bond motifs is 1. The minimum atomic E-state index is 0. The van der Waals surface area contributed by atoms with Crippen LogP contribution in [0, 0.1) is 6.92 Å². The maximum absolute atomic E-state index is 6.40. The van der Waals surface area contributed by atoms with Crippen molar-refractivity contribution in [3.8, 4) is 0 Å². The van der Waals surface area contributed by atoms with Gasteiger partial charge in [0.2, 0.25) is 0 Å². The summed E-state index contributed by atoms with van der Waals surface area (Å²) in [6.45, 7) is 8.24. The molecule has 1 unspecified atom stereocenters. The normalized spacial score (nSPS) is 12.2. The first-order valence-corrected chi connectivity index (χ1v) is 9.50. The fourth-order valence-electron chi connectivity index (χ4n) is 3.17. The van der Waals surface area contributed by atoms with E-state index in [0.29, 0.717) is 16.1 Å². The lowest BCUT2D eigenvalue weighted by molar-refractivity contribution is 0.533. The minimum Gasteiger partial charge on any atom is -0.340 e. The van der Waals surface area contributed by atoms with E-state index in [1.54, 1.807) is 0 Å². The second kappa shape index (κ2) is 9.14. The highest BCUT2D eigenvalue weighted by Crippen LogP contribution is 2.29. The summed E-state index contributed by atoms with van der Waals surface area (Å²) in [5.41, 5.74) is 4.97. The third-order valence-corrected chi connectivity index (χ3v) is 5.53. The molecule has 0 aliphatic heterocycles. The monoisotopic (exact) mass is 410 g/mol. The van der Waals surface area contributed by atoms with Gasteiger partial charge in [-0.25, -0.2) is 0 Å². The van der Waals surface area contributed by atoms with E-state index >= 15 is 0 Å². The van der Waals surface area contributed by atoms with Crippen LogP contribution in [-0.4, -0.2) is 10.6 Å². The summed E-state index contributed by atoms with van der Waals surface area (Å²) in [5, 5.41) is 6.31. The fourth-order valence-corrected chi connectivity index (χ4v) is 3.64. The fraction of sp³-hybridized carbons (Fsp3) is 0.333. The zero-order valence-corrected chi connectivity index (χ0v) is 17.7. The average molecular weight is 412 g/mol. The number of aromatic nitrogens is 1. The molecule has 0 spiro atoms. The van der Waals surface area contributed by atoms with Gasteiger partial charge in [-0.15, -0.1) is 12.4 Å². The van der Waals surface area contributed by atoms with Crippen LogP contribution in [0.2, 0.25) is 10.0 Å². The molecule has 140 valence electrons. The molecule has 0 radical (unpaired) electrons. The molecule has 2 nitrogen and oxygen atoms in total. The van der Waals surface area contributed by atoms with Crippen molar-refractivity contribution >= 4 is 46.5 Å². The smallest absolute Gasteiger partial charge is 0.0493 e. The number of nitrogens with one attached hydrogen (secondary N) is 1. The summed E-state index contributed by atoms with van der Waals surface area (Å²) >= 11 is 12.4. The molecule has 5 heteroatoms. The van der Waals surface area contributed by atoms with Crippen LogP contribution in [0.3, 0.4) is 0 Å². The lowest BCUT2D eigenvalue weighted by Gasteiger charge is -2.13. The van der Waals surface area contributed by atoms with E-state index < -0.39 is 0 Å². The van der Waals surface area contributed by atoms with Crippen LogP contribution in [0.1, 0.15) is 37.1 Å². The zero-order chi connectivity index (χ0) is 18.0. The molecule has 0 fully saturated rings. The van der Waals surface area contributed by atoms with Gasteiger partial charge >= 0.3 is 0 Å². The van der Waals surface area contributed by atoms with Crippen LogP contribution in [-0.2, 0) is 13.1 Å². The van der Waals surface area contributed by atoms with Gasteiger partial charge in [-0.05, 0) is 49.6 Å². The topological polar surface area (TPSA) is 17.0 Å². The first kappa shape index (κ1) is 21.1. The second-order valence-corrected chi connectivity index (χ2v) is 7.44. The Morgan fingerprint density at radius 1 is 1.12 bits per heavy atom. The quantitative estimate of drug-likeness (QED) is 0.482. The summed E-state index contributed by atoms with van der Waals surface area (Å²) in [6.07, 6.45) is 1.12. The molecule has 1 atom stereocenters. The summed E-state index contributed by atoms with van der Waals surface area (Å²) in [7, 11) is 0. The van der Waals surface area contributed by atoms with E-state index in [1.165, 1.54) is 22.2 Å². The summed E-state index contributed by atoms with van der Waals surface area (Å²) < 4.78 is 2.35. The number of nitrogens with zero attached hydrogens (tertiary/aromatic N) is 1. The van der Waals surface area contributed by atoms with E-state index in [9.17, 15) is 0 Å². The van der Waals surface area contributed by atoms with Crippen molar-refractivity contribution in [2.75, 3.05) is 0 Å². The van der Waals surface area contributed by atoms with E-state index in [-0.39, 0.29) is 12.4 Å². The molecule has 0 saturated carbocycles. The Hall–Kier alpha value is -1.19. The van der Waals surface area contributed by atoms with Gasteiger partial charge in [0, 0.05) is 45.8 Å². The number of hydrogen-bond acceptors (Lipinski definition) is 1. The van der Waals surface area contributed by atoms with Gasteiger partial charge in [-0.3, -0.25) is 0 Å². The first-order chi connectivity index (χ1) is 12.0. The van der Waals surface area contributed by atoms with Gasteiger partial charge in [-0.1, -0.05) is 54.4 Å². The highest BCUT2D eigenvalue weighted by Gasteiger charge is 2.15. The van der Waals surface area contributed by atoms with E-state index in [1.807, 2.05) is 18.2 Å². The molecule has 1 aromatic heterocycles. The van der Waals surface area contributed by atoms with Crippen molar-refractivity contribution < 1.29 is 0 Å². The molecule has 26 heavy (non-hydrogen) atoms. The molecule has 0 amide bonds. The second-order valence-electron chi connectivity index (χ2n) is 6.59. The lowest BCUT2D eigenvalue weighted by atomic mass is 10.1. The van der Waals surface area contributed by atoms with Crippen LogP contribution in [0.5, 0.6) is 0 Å². The van der Waals surface area contributed by atoms with Gasteiger partial charge in [-0.2, -0.15) is 0 Å². The largest absolute Gasteiger partial charge is 0.340 e. The van der Waals surface area contributed by atoms with Crippen molar-refractivity contribution in [2.45, 2.75) is 46.3 Å². The molecular formula is C21H25Cl3N2. The highest BCUT2D eigenvalue weighted by molar-refractivity contribution is 6.35. The molecular weight excluding hydrogens is 387 g/mol. The Morgan fingerprint density at radius 2 is 1.85 bits per heavy atom. The van der Waals surface area contributed by atoms with Crippen LogP contribution in [0.15, 0.2) is 42.5 Å². The first-order valence-electron chi connectivity index (χ1n) is 8.75. The lowest BCUT2D eigenvalue weighted by Crippen LogP contribution is -2.24. The van der Waals surface area contributed by atoms with Gasteiger partial charge in [0.25, 0.3) is 0 Å².